The highest BCUT2D eigenvalue weighted by molar-refractivity contribution is 4.69. The molecular formula is C10H23NO2. The Bertz CT molecular complexity index is 138. The molecule has 13 heavy (non-hydrogen) atoms. The van der Waals surface area contributed by atoms with Crippen LogP contribution in [0.15, 0.2) is 0 Å². The van der Waals surface area contributed by atoms with Crippen LogP contribution in [0.1, 0.15) is 41.0 Å². The van der Waals surface area contributed by atoms with Gasteiger partial charge in [0.15, 0.2) is 0 Å². The molecule has 0 aromatic heterocycles. The van der Waals surface area contributed by atoms with Gasteiger partial charge in [0.05, 0.1) is 17.9 Å². The average Bonchev–Trinajstić information content (AvgIpc) is 1.82. The fourth-order valence-electron chi connectivity index (χ4n) is 0.901. The van der Waals surface area contributed by atoms with Crippen molar-refractivity contribution in [2.24, 2.45) is 5.73 Å². The van der Waals surface area contributed by atoms with E-state index < -0.39 is 0 Å². The zero-order valence-corrected chi connectivity index (χ0v) is 9.52. The summed E-state index contributed by atoms with van der Waals surface area (Å²) < 4.78 is 10.9. The highest BCUT2D eigenvalue weighted by atomic mass is 16.5. The Morgan fingerprint density at radius 1 is 1.00 bits per heavy atom. The molecule has 0 spiro atoms. The molecule has 80 valence electrons. The number of nitrogens with two attached hydrogens (primary N) is 1. The molecule has 0 rings (SSSR count). The summed E-state index contributed by atoms with van der Waals surface area (Å²) in [5.41, 5.74) is 5.06. The summed E-state index contributed by atoms with van der Waals surface area (Å²) in [6, 6.07) is 0. The monoisotopic (exact) mass is 189 g/mol. The molecule has 0 atom stereocenters. The molecule has 0 fully saturated rings. The minimum absolute atomic E-state index is 0.0706. The van der Waals surface area contributed by atoms with Gasteiger partial charge >= 0.3 is 0 Å². The molecule has 0 saturated heterocycles. The standard InChI is InChI=1S/C10H23NO2/c1-9(2,3)12-7-6-10(4,5)13-8-11/h6-8,11H2,1-5H3. The number of hydrogen-bond acceptors (Lipinski definition) is 3. The zero-order chi connectivity index (χ0) is 10.5. The van der Waals surface area contributed by atoms with Crippen LogP contribution in [0, 0.1) is 0 Å². The average molecular weight is 189 g/mol. The molecule has 0 heterocycles. The van der Waals surface area contributed by atoms with Crippen LogP contribution in [0.3, 0.4) is 0 Å². The van der Waals surface area contributed by atoms with E-state index in [0.29, 0.717) is 6.61 Å². The maximum atomic E-state index is 5.59. The third-order valence-corrected chi connectivity index (χ3v) is 1.71. The Morgan fingerprint density at radius 2 is 1.54 bits per heavy atom. The van der Waals surface area contributed by atoms with E-state index in [9.17, 15) is 0 Å². The molecule has 0 bridgehead atoms. The van der Waals surface area contributed by atoms with Crippen molar-refractivity contribution >= 4 is 0 Å². The molecule has 2 N–H and O–H groups in total. The number of hydrogen-bond donors (Lipinski definition) is 1. The molecule has 0 radical (unpaired) electrons. The predicted molar refractivity (Wildman–Crippen MR) is 54.5 cm³/mol. The topological polar surface area (TPSA) is 44.5 Å². The summed E-state index contributed by atoms with van der Waals surface area (Å²) in [5, 5.41) is 0. The van der Waals surface area contributed by atoms with Crippen molar-refractivity contribution in [3.05, 3.63) is 0 Å². The summed E-state index contributed by atoms with van der Waals surface area (Å²) in [6.07, 6.45) is 0.863. The predicted octanol–water partition coefficient (Wildman–Crippen LogP) is 1.90. The normalized spacial score (nSPS) is 13.4. The van der Waals surface area contributed by atoms with Crippen molar-refractivity contribution in [1.29, 1.82) is 0 Å². The lowest BCUT2D eigenvalue weighted by Gasteiger charge is -2.27. The molecule has 0 aliphatic carbocycles. The molecular weight excluding hydrogens is 166 g/mol. The molecule has 0 aromatic rings. The van der Waals surface area contributed by atoms with E-state index in [4.69, 9.17) is 15.2 Å². The fourth-order valence-corrected chi connectivity index (χ4v) is 0.901. The summed E-state index contributed by atoms with van der Waals surface area (Å²) in [7, 11) is 0. The van der Waals surface area contributed by atoms with Crippen LogP contribution in [0.2, 0.25) is 0 Å². The second-order valence-electron chi connectivity index (χ2n) is 4.78. The largest absolute Gasteiger partial charge is 0.376 e. The Labute approximate surface area is 81.6 Å². The Kier molecular flexibility index (Phi) is 4.89. The maximum Gasteiger partial charge on any atom is 0.0947 e. The van der Waals surface area contributed by atoms with Crippen molar-refractivity contribution in [2.75, 3.05) is 13.3 Å². The highest BCUT2D eigenvalue weighted by Crippen LogP contribution is 2.16. The number of ether oxygens (including phenoxy) is 2. The third kappa shape index (κ3) is 8.22. The van der Waals surface area contributed by atoms with Crippen molar-refractivity contribution < 1.29 is 9.47 Å². The fraction of sp³-hybridized carbons (Fsp3) is 1.00. The van der Waals surface area contributed by atoms with E-state index in [2.05, 4.69) is 0 Å². The van der Waals surface area contributed by atoms with Crippen molar-refractivity contribution in [1.82, 2.24) is 0 Å². The van der Waals surface area contributed by atoms with Crippen molar-refractivity contribution in [3.8, 4) is 0 Å². The first-order valence-electron chi connectivity index (χ1n) is 4.75. The first-order valence-corrected chi connectivity index (χ1v) is 4.75. The molecule has 0 saturated carbocycles. The SMILES string of the molecule is CC(C)(C)OCCC(C)(C)OCN. The van der Waals surface area contributed by atoms with Gasteiger partial charge in [0, 0.05) is 6.61 Å². The lowest BCUT2D eigenvalue weighted by Crippen LogP contribution is -2.31. The van der Waals surface area contributed by atoms with E-state index in [1.54, 1.807) is 0 Å². The van der Waals surface area contributed by atoms with Gasteiger partial charge in [-0.2, -0.15) is 0 Å². The van der Waals surface area contributed by atoms with Crippen LogP contribution in [0.4, 0.5) is 0 Å². The van der Waals surface area contributed by atoms with E-state index in [-0.39, 0.29) is 17.9 Å². The number of rotatable bonds is 5. The van der Waals surface area contributed by atoms with E-state index in [0.717, 1.165) is 6.42 Å². The Hall–Kier alpha value is -0.120. The molecule has 0 amide bonds. The van der Waals surface area contributed by atoms with Gasteiger partial charge in [-0.3, -0.25) is 0 Å². The van der Waals surface area contributed by atoms with Gasteiger partial charge in [-0.1, -0.05) is 0 Å². The molecule has 3 nitrogen and oxygen atoms in total. The second-order valence-corrected chi connectivity index (χ2v) is 4.78. The maximum absolute atomic E-state index is 5.59. The van der Waals surface area contributed by atoms with Crippen LogP contribution >= 0.6 is 0 Å². The van der Waals surface area contributed by atoms with Gasteiger partial charge in [0.2, 0.25) is 0 Å². The summed E-state index contributed by atoms with van der Waals surface area (Å²) in [6.45, 7) is 11.1. The quantitative estimate of drug-likeness (QED) is 0.672. The highest BCUT2D eigenvalue weighted by Gasteiger charge is 2.19. The molecule has 0 aromatic carbocycles. The van der Waals surface area contributed by atoms with Crippen molar-refractivity contribution in [2.45, 2.75) is 52.2 Å². The Morgan fingerprint density at radius 3 is 1.92 bits per heavy atom. The lowest BCUT2D eigenvalue weighted by molar-refractivity contribution is -0.0647. The van der Waals surface area contributed by atoms with E-state index in [1.807, 2.05) is 34.6 Å². The minimum Gasteiger partial charge on any atom is -0.376 e. The van der Waals surface area contributed by atoms with Gasteiger partial charge in [0.25, 0.3) is 0 Å². The summed E-state index contributed by atoms with van der Waals surface area (Å²) in [4.78, 5) is 0. The molecule has 0 aliphatic rings. The summed E-state index contributed by atoms with van der Waals surface area (Å²) >= 11 is 0. The lowest BCUT2D eigenvalue weighted by atomic mass is 10.1. The smallest absolute Gasteiger partial charge is 0.0947 e. The first kappa shape index (κ1) is 12.9. The first-order chi connectivity index (χ1) is 5.77. The molecule has 0 unspecified atom stereocenters. The molecule has 0 aliphatic heterocycles. The van der Waals surface area contributed by atoms with E-state index in [1.165, 1.54) is 0 Å². The summed E-state index contributed by atoms with van der Waals surface area (Å²) in [5.74, 6) is 0. The van der Waals surface area contributed by atoms with Gasteiger partial charge in [-0.15, -0.1) is 0 Å². The molecule has 3 heteroatoms. The van der Waals surface area contributed by atoms with Crippen LogP contribution in [0.5, 0.6) is 0 Å². The van der Waals surface area contributed by atoms with Crippen LogP contribution in [0.25, 0.3) is 0 Å². The minimum atomic E-state index is -0.181. The van der Waals surface area contributed by atoms with Crippen LogP contribution in [-0.2, 0) is 9.47 Å². The van der Waals surface area contributed by atoms with Gasteiger partial charge in [0.1, 0.15) is 0 Å². The third-order valence-electron chi connectivity index (χ3n) is 1.71. The van der Waals surface area contributed by atoms with Crippen molar-refractivity contribution in [3.63, 3.8) is 0 Å². The van der Waals surface area contributed by atoms with Gasteiger partial charge < -0.3 is 15.2 Å². The van der Waals surface area contributed by atoms with Gasteiger partial charge in [-0.25, -0.2) is 0 Å². The zero-order valence-electron chi connectivity index (χ0n) is 9.52. The van der Waals surface area contributed by atoms with Crippen LogP contribution in [-0.4, -0.2) is 24.5 Å². The second kappa shape index (κ2) is 4.94. The van der Waals surface area contributed by atoms with Crippen LogP contribution < -0.4 is 5.73 Å². The van der Waals surface area contributed by atoms with Gasteiger partial charge in [-0.05, 0) is 41.0 Å². The Balaban J connectivity index is 3.63. The van der Waals surface area contributed by atoms with E-state index >= 15 is 0 Å².